The van der Waals surface area contributed by atoms with Crippen LogP contribution in [0.15, 0.2) is 24.3 Å². The van der Waals surface area contributed by atoms with Crippen LogP contribution in [0.4, 0.5) is 0 Å². The zero-order valence-corrected chi connectivity index (χ0v) is 18.6. The van der Waals surface area contributed by atoms with Gasteiger partial charge in [-0.1, -0.05) is 12.1 Å². The van der Waals surface area contributed by atoms with E-state index in [2.05, 4.69) is 14.9 Å². The number of benzene rings is 1. The van der Waals surface area contributed by atoms with Crippen LogP contribution in [0.2, 0.25) is 0 Å². The Labute approximate surface area is 178 Å². The first-order chi connectivity index (χ1) is 14.3. The fourth-order valence-corrected chi connectivity index (χ4v) is 4.07. The molecule has 7 nitrogen and oxygen atoms in total. The van der Waals surface area contributed by atoms with Crippen LogP contribution in [-0.2, 0) is 11.3 Å². The highest BCUT2D eigenvalue weighted by molar-refractivity contribution is 5.93. The highest BCUT2D eigenvalue weighted by Gasteiger charge is 2.26. The first-order valence-corrected chi connectivity index (χ1v) is 10.6. The van der Waals surface area contributed by atoms with E-state index in [0.717, 1.165) is 48.8 Å². The molecule has 1 aromatic heterocycles. The number of nitrogens with one attached hydrogen (secondary N) is 1. The number of aryl methyl sites for hydroxylation is 1. The first-order valence-electron chi connectivity index (χ1n) is 10.6. The van der Waals surface area contributed by atoms with Crippen molar-refractivity contribution in [1.82, 2.24) is 19.8 Å². The van der Waals surface area contributed by atoms with E-state index in [1.54, 1.807) is 6.92 Å². The van der Waals surface area contributed by atoms with Crippen LogP contribution in [-0.4, -0.2) is 45.5 Å². The fraction of sp³-hybridized carbons (Fsp3) is 0.522. The second-order valence-corrected chi connectivity index (χ2v) is 8.19. The first kappa shape index (κ1) is 21.9. The van der Waals surface area contributed by atoms with Gasteiger partial charge in [-0.15, -0.1) is 0 Å². The predicted molar refractivity (Wildman–Crippen MR) is 116 cm³/mol. The summed E-state index contributed by atoms with van der Waals surface area (Å²) in [5.41, 5.74) is 2.36. The molecule has 2 heterocycles. The fourth-order valence-electron chi connectivity index (χ4n) is 4.07. The number of nitrogens with zero attached hydrogens (tertiary/aromatic N) is 3. The van der Waals surface area contributed by atoms with Crippen molar-refractivity contribution < 1.29 is 14.3 Å². The molecule has 1 aliphatic heterocycles. The van der Waals surface area contributed by atoms with Crippen LogP contribution in [0, 0.1) is 13.8 Å². The van der Waals surface area contributed by atoms with Gasteiger partial charge in [0.15, 0.2) is 0 Å². The lowest BCUT2D eigenvalue weighted by molar-refractivity contribution is -0.130. The van der Waals surface area contributed by atoms with Crippen molar-refractivity contribution in [3.63, 3.8) is 0 Å². The standard InChI is InChI=1S/C23H32N4O3/c1-15(2)30-21-8-6-19(7-9-21)14-24-23(29)22-16(3)27(17(4)25-22)20-10-12-26(13-11-20)18(5)28/h6-9,15,20H,10-14H2,1-5H3,(H,24,29). The third-order valence-electron chi connectivity index (χ3n) is 5.56. The number of hydrogen-bond acceptors (Lipinski definition) is 4. The molecule has 3 rings (SSSR count). The van der Waals surface area contributed by atoms with Gasteiger partial charge in [-0.05, 0) is 58.2 Å². The second-order valence-electron chi connectivity index (χ2n) is 8.19. The minimum Gasteiger partial charge on any atom is -0.491 e. The van der Waals surface area contributed by atoms with Crippen LogP contribution in [0.5, 0.6) is 5.75 Å². The summed E-state index contributed by atoms with van der Waals surface area (Å²) in [6.07, 6.45) is 1.89. The lowest BCUT2D eigenvalue weighted by atomic mass is 10.0. The van der Waals surface area contributed by atoms with Crippen LogP contribution in [0.3, 0.4) is 0 Å². The zero-order valence-electron chi connectivity index (χ0n) is 18.6. The lowest BCUT2D eigenvalue weighted by Gasteiger charge is -2.33. The van der Waals surface area contributed by atoms with Gasteiger partial charge in [0.05, 0.1) is 6.10 Å². The molecule has 0 radical (unpaired) electrons. The molecule has 1 aliphatic rings. The Balaban J connectivity index is 1.63. The average Bonchev–Trinajstić information content (AvgIpc) is 3.01. The number of piperidine rings is 1. The maximum absolute atomic E-state index is 12.8. The number of ether oxygens (including phenoxy) is 1. The molecule has 1 saturated heterocycles. The van der Waals surface area contributed by atoms with Crippen molar-refractivity contribution in [1.29, 1.82) is 0 Å². The second kappa shape index (κ2) is 9.32. The molecule has 0 atom stereocenters. The number of amides is 2. The van der Waals surface area contributed by atoms with Crippen molar-refractivity contribution in [3.05, 3.63) is 47.0 Å². The summed E-state index contributed by atoms with van der Waals surface area (Å²) in [4.78, 5) is 30.8. The molecular weight excluding hydrogens is 380 g/mol. The molecule has 0 saturated carbocycles. The van der Waals surface area contributed by atoms with Gasteiger partial charge in [0.2, 0.25) is 5.91 Å². The Hall–Kier alpha value is -2.83. The number of carbonyl (C=O) groups excluding carboxylic acids is 2. The van der Waals surface area contributed by atoms with Gasteiger partial charge >= 0.3 is 0 Å². The van der Waals surface area contributed by atoms with Crippen molar-refractivity contribution in [2.75, 3.05) is 13.1 Å². The summed E-state index contributed by atoms with van der Waals surface area (Å²) >= 11 is 0. The summed E-state index contributed by atoms with van der Waals surface area (Å²) < 4.78 is 7.81. The summed E-state index contributed by atoms with van der Waals surface area (Å²) in [5, 5.41) is 2.97. The smallest absolute Gasteiger partial charge is 0.272 e. The maximum atomic E-state index is 12.8. The molecule has 1 fully saturated rings. The average molecular weight is 413 g/mol. The van der Waals surface area contributed by atoms with Gasteiger partial charge in [-0.2, -0.15) is 0 Å². The molecular formula is C23H32N4O3. The van der Waals surface area contributed by atoms with E-state index in [4.69, 9.17) is 4.74 Å². The Morgan fingerprint density at radius 1 is 1.17 bits per heavy atom. The quantitative estimate of drug-likeness (QED) is 0.789. The van der Waals surface area contributed by atoms with Crippen molar-refractivity contribution in [2.24, 2.45) is 0 Å². The third-order valence-corrected chi connectivity index (χ3v) is 5.56. The predicted octanol–water partition coefficient (Wildman–Crippen LogP) is 3.40. The maximum Gasteiger partial charge on any atom is 0.272 e. The minimum absolute atomic E-state index is 0.122. The molecule has 0 unspecified atom stereocenters. The Morgan fingerprint density at radius 3 is 2.37 bits per heavy atom. The van der Waals surface area contributed by atoms with E-state index in [1.165, 1.54) is 0 Å². The van der Waals surface area contributed by atoms with Crippen LogP contribution < -0.4 is 10.1 Å². The largest absolute Gasteiger partial charge is 0.491 e. The van der Waals surface area contributed by atoms with E-state index in [9.17, 15) is 9.59 Å². The highest BCUT2D eigenvalue weighted by atomic mass is 16.5. The van der Waals surface area contributed by atoms with E-state index in [0.29, 0.717) is 12.2 Å². The number of rotatable bonds is 6. The van der Waals surface area contributed by atoms with Gasteiger partial charge in [0.25, 0.3) is 5.91 Å². The molecule has 0 bridgehead atoms. The molecule has 0 aliphatic carbocycles. The van der Waals surface area contributed by atoms with E-state index < -0.39 is 0 Å². The molecule has 162 valence electrons. The molecule has 2 amide bonds. The Bertz CT molecular complexity index is 894. The van der Waals surface area contributed by atoms with Gasteiger partial charge in [0, 0.05) is 38.3 Å². The number of imidazole rings is 1. The molecule has 1 N–H and O–H groups in total. The van der Waals surface area contributed by atoms with Crippen LogP contribution >= 0.6 is 0 Å². The van der Waals surface area contributed by atoms with Crippen molar-refractivity contribution >= 4 is 11.8 Å². The van der Waals surface area contributed by atoms with Crippen LogP contribution in [0.25, 0.3) is 0 Å². The highest BCUT2D eigenvalue weighted by Crippen LogP contribution is 2.27. The summed E-state index contributed by atoms with van der Waals surface area (Å²) in [7, 11) is 0. The van der Waals surface area contributed by atoms with Gasteiger partial charge < -0.3 is 19.5 Å². The minimum atomic E-state index is -0.168. The molecule has 0 spiro atoms. The van der Waals surface area contributed by atoms with Crippen molar-refractivity contribution in [3.8, 4) is 5.75 Å². The van der Waals surface area contributed by atoms with Gasteiger partial charge in [-0.25, -0.2) is 4.98 Å². The van der Waals surface area contributed by atoms with Gasteiger partial charge in [-0.3, -0.25) is 9.59 Å². The van der Waals surface area contributed by atoms with E-state index in [-0.39, 0.29) is 24.0 Å². The number of carbonyl (C=O) groups is 2. The SMILES string of the molecule is CC(=O)N1CCC(n2c(C)nc(C(=O)NCc3ccc(OC(C)C)cc3)c2C)CC1. The summed E-state index contributed by atoms with van der Waals surface area (Å²) in [5.74, 6) is 1.62. The van der Waals surface area contributed by atoms with Gasteiger partial charge in [0.1, 0.15) is 17.3 Å². The lowest BCUT2D eigenvalue weighted by Crippen LogP contribution is -2.38. The van der Waals surface area contributed by atoms with E-state index >= 15 is 0 Å². The van der Waals surface area contributed by atoms with Crippen molar-refractivity contribution in [2.45, 2.75) is 66.2 Å². The number of hydrogen-bond donors (Lipinski definition) is 1. The monoisotopic (exact) mass is 412 g/mol. The normalized spacial score (nSPS) is 14.8. The van der Waals surface area contributed by atoms with Crippen LogP contribution in [0.1, 0.15) is 67.2 Å². The topological polar surface area (TPSA) is 76.5 Å². The molecule has 7 heteroatoms. The third kappa shape index (κ3) is 5.01. The Kier molecular flexibility index (Phi) is 6.80. The zero-order chi connectivity index (χ0) is 21.8. The molecule has 1 aromatic carbocycles. The number of likely N-dealkylation sites (tertiary alicyclic amines) is 1. The Morgan fingerprint density at radius 2 is 1.80 bits per heavy atom. The summed E-state index contributed by atoms with van der Waals surface area (Å²) in [6.45, 7) is 11.4. The molecule has 30 heavy (non-hydrogen) atoms. The molecule has 2 aromatic rings. The van der Waals surface area contributed by atoms with E-state index in [1.807, 2.05) is 56.9 Å². The number of aromatic nitrogens is 2. The summed E-state index contributed by atoms with van der Waals surface area (Å²) in [6, 6.07) is 8.01.